The zero-order valence-electron chi connectivity index (χ0n) is 8.76. The molecule has 0 rings (SSSR count). The molecule has 12 heavy (non-hydrogen) atoms. The van der Waals surface area contributed by atoms with Gasteiger partial charge < -0.3 is 0 Å². The van der Waals surface area contributed by atoms with E-state index < -0.39 is 18.6 Å². The Kier molecular flexibility index (Phi) is 7.39. The number of hydrogen-bond acceptors (Lipinski definition) is 3. The summed E-state index contributed by atoms with van der Waals surface area (Å²) in [5.41, 5.74) is 0. The van der Waals surface area contributed by atoms with Crippen molar-refractivity contribution in [3.05, 3.63) is 0 Å². The van der Waals surface area contributed by atoms with E-state index in [1.54, 1.807) is 14.2 Å². The molecule has 0 aliphatic heterocycles. The summed E-state index contributed by atoms with van der Waals surface area (Å²) in [6, 6.07) is 0. The Hall–Kier alpha value is 0.594. The quantitative estimate of drug-likeness (QED) is 0.619. The molecular formula is C8H20NO2Ti. The molecule has 0 aliphatic carbocycles. The Labute approximate surface area is 82.8 Å². The van der Waals surface area contributed by atoms with Crippen LogP contribution in [-0.2, 0) is 25.3 Å². The molecule has 0 aromatic carbocycles. The molecule has 0 saturated carbocycles. The minimum atomic E-state index is -1.73. The summed E-state index contributed by atoms with van der Waals surface area (Å²) in [5, 5.41) is 0. The van der Waals surface area contributed by atoms with Crippen molar-refractivity contribution in [1.82, 2.24) is 4.90 Å². The van der Waals surface area contributed by atoms with Gasteiger partial charge in [-0.3, -0.25) is 0 Å². The number of nitrogens with zero attached hydrogens (tertiary/aromatic N) is 1. The molecular weight excluding hydrogens is 190 g/mol. The van der Waals surface area contributed by atoms with Crippen LogP contribution in [0.5, 0.6) is 0 Å². The average Bonchev–Trinajstić information content (AvgIpc) is 2.05. The van der Waals surface area contributed by atoms with Gasteiger partial charge in [-0.1, -0.05) is 0 Å². The van der Waals surface area contributed by atoms with E-state index in [2.05, 4.69) is 25.9 Å². The van der Waals surface area contributed by atoms with Crippen LogP contribution in [-0.4, -0.2) is 37.6 Å². The Balaban J connectivity index is 4.05. The Morgan fingerprint density at radius 2 is 1.75 bits per heavy atom. The van der Waals surface area contributed by atoms with E-state index in [0.29, 0.717) is 4.35 Å². The normalized spacial score (nSPS) is 13.5. The van der Waals surface area contributed by atoms with Crippen LogP contribution in [0, 0.1) is 0 Å². The first-order valence-corrected chi connectivity index (χ1v) is 6.46. The van der Waals surface area contributed by atoms with Crippen molar-refractivity contribution in [3.63, 3.8) is 0 Å². The number of hydrogen-bond donors (Lipinski definition) is 0. The van der Waals surface area contributed by atoms with Crippen LogP contribution < -0.4 is 0 Å². The first-order valence-electron chi connectivity index (χ1n) is 4.28. The first-order chi connectivity index (χ1) is 5.67. The molecule has 1 atom stereocenters. The average molecular weight is 210 g/mol. The van der Waals surface area contributed by atoms with Crippen LogP contribution in [0.2, 0.25) is 0 Å². The van der Waals surface area contributed by atoms with E-state index in [0.717, 1.165) is 0 Å². The van der Waals surface area contributed by atoms with Crippen LogP contribution >= 0.6 is 0 Å². The summed E-state index contributed by atoms with van der Waals surface area (Å²) in [6.07, 6.45) is 2.36. The van der Waals surface area contributed by atoms with Crippen LogP contribution in [0.15, 0.2) is 0 Å². The van der Waals surface area contributed by atoms with Crippen molar-refractivity contribution < 1.29 is 25.3 Å². The summed E-state index contributed by atoms with van der Waals surface area (Å²) in [4.78, 5) is 2.21. The SMILES string of the molecule is CCC[CH](N(C)C)[Ti]([O]C)[O]C. The van der Waals surface area contributed by atoms with Crippen LogP contribution in [0.1, 0.15) is 19.8 Å². The standard InChI is InChI=1S/C6H14N.2CH3O.Ti/c1-4-5-6-7(2)3;2*1-2;/h6H,4-5H2,1-3H3;2*1H3;/q;2*-1;+2. The zero-order valence-corrected chi connectivity index (χ0v) is 10.3. The monoisotopic (exact) mass is 210 g/mol. The molecule has 0 heterocycles. The van der Waals surface area contributed by atoms with Crippen LogP contribution in [0.3, 0.4) is 0 Å². The zero-order chi connectivity index (χ0) is 9.56. The first kappa shape index (κ1) is 12.6. The molecule has 0 aromatic heterocycles. The predicted molar refractivity (Wildman–Crippen MR) is 46.4 cm³/mol. The second kappa shape index (κ2) is 7.04. The Morgan fingerprint density at radius 3 is 2.00 bits per heavy atom. The van der Waals surface area contributed by atoms with Gasteiger partial charge in [0, 0.05) is 0 Å². The molecule has 73 valence electrons. The van der Waals surface area contributed by atoms with Crippen LogP contribution in [0.25, 0.3) is 0 Å². The van der Waals surface area contributed by atoms with Gasteiger partial charge in [-0.2, -0.15) is 0 Å². The van der Waals surface area contributed by atoms with E-state index in [9.17, 15) is 0 Å². The molecule has 0 spiro atoms. The van der Waals surface area contributed by atoms with Gasteiger partial charge in [0.15, 0.2) is 0 Å². The van der Waals surface area contributed by atoms with E-state index in [4.69, 9.17) is 6.64 Å². The van der Waals surface area contributed by atoms with E-state index in [1.807, 2.05) is 0 Å². The maximum absolute atomic E-state index is 5.38. The molecule has 3 nitrogen and oxygen atoms in total. The maximum atomic E-state index is 5.38. The summed E-state index contributed by atoms with van der Waals surface area (Å²) >= 11 is -1.73. The Morgan fingerprint density at radius 1 is 1.25 bits per heavy atom. The topological polar surface area (TPSA) is 21.7 Å². The van der Waals surface area contributed by atoms with E-state index in [1.165, 1.54) is 12.8 Å². The third-order valence-electron chi connectivity index (χ3n) is 1.86. The molecule has 0 amide bonds. The summed E-state index contributed by atoms with van der Waals surface area (Å²) in [7, 11) is 7.69. The van der Waals surface area contributed by atoms with Gasteiger partial charge in [-0.05, 0) is 0 Å². The van der Waals surface area contributed by atoms with Gasteiger partial charge in [-0.15, -0.1) is 0 Å². The molecule has 1 unspecified atom stereocenters. The third-order valence-corrected chi connectivity index (χ3v) is 5.22. The van der Waals surface area contributed by atoms with Gasteiger partial charge in [0.05, 0.1) is 0 Å². The van der Waals surface area contributed by atoms with Gasteiger partial charge >= 0.3 is 82.6 Å². The fourth-order valence-corrected chi connectivity index (χ4v) is 3.80. The van der Waals surface area contributed by atoms with Gasteiger partial charge in [0.25, 0.3) is 0 Å². The molecule has 0 aromatic rings. The van der Waals surface area contributed by atoms with E-state index in [-0.39, 0.29) is 0 Å². The van der Waals surface area contributed by atoms with Crippen molar-refractivity contribution in [1.29, 1.82) is 0 Å². The van der Waals surface area contributed by atoms with E-state index >= 15 is 0 Å². The van der Waals surface area contributed by atoms with Gasteiger partial charge in [0.2, 0.25) is 0 Å². The van der Waals surface area contributed by atoms with Crippen molar-refractivity contribution in [3.8, 4) is 0 Å². The van der Waals surface area contributed by atoms with Crippen molar-refractivity contribution in [2.24, 2.45) is 0 Å². The molecule has 0 saturated heterocycles. The van der Waals surface area contributed by atoms with Crippen molar-refractivity contribution in [2.75, 3.05) is 28.3 Å². The second-order valence-electron chi connectivity index (χ2n) is 3.00. The summed E-state index contributed by atoms with van der Waals surface area (Å²) in [5.74, 6) is 0. The molecule has 0 bridgehead atoms. The second-order valence-corrected chi connectivity index (χ2v) is 6.31. The minimum absolute atomic E-state index is 0.519. The third kappa shape index (κ3) is 4.01. The van der Waals surface area contributed by atoms with Crippen molar-refractivity contribution in [2.45, 2.75) is 24.1 Å². The van der Waals surface area contributed by atoms with Crippen molar-refractivity contribution >= 4 is 0 Å². The van der Waals surface area contributed by atoms with Gasteiger partial charge in [0.1, 0.15) is 0 Å². The molecule has 0 aliphatic rings. The molecule has 0 N–H and O–H groups in total. The fourth-order valence-electron chi connectivity index (χ4n) is 1.22. The Bertz CT molecular complexity index is 107. The predicted octanol–water partition coefficient (Wildman–Crippen LogP) is 1.42. The number of rotatable bonds is 6. The summed E-state index contributed by atoms with van der Waals surface area (Å²) in [6.45, 7) is 2.19. The fraction of sp³-hybridized carbons (Fsp3) is 1.00. The molecule has 4 heteroatoms. The molecule has 0 radical (unpaired) electrons. The van der Waals surface area contributed by atoms with Gasteiger partial charge in [-0.25, -0.2) is 0 Å². The molecule has 0 fully saturated rings. The summed E-state index contributed by atoms with van der Waals surface area (Å²) < 4.78 is 11.3. The van der Waals surface area contributed by atoms with Crippen LogP contribution in [0.4, 0.5) is 0 Å².